The van der Waals surface area contributed by atoms with Gasteiger partial charge in [0.15, 0.2) is 5.65 Å². The monoisotopic (exact) mass is 556 g/mol. The SMILES string of the molecule is O=S(=O)(NCCN1CCOCC1)c1ccc(Nc2cc(-c3ccccc3)nc3c(Br)cnn23)cc1. The molecule has 0 aliphatic carbocycles. The Labute approximate surface area is 212 Å². The van der Waals surface area contributed by atoms with E-state index in [1.54, 1.807) is 35.0 Å². The van der Waals surface area contributed by atoms with Gasteiger partial charge in [-0.2, -0.15) is 9.61 Å². The Balaban J connectivity index is 1.32. The van der Waals surface area contributed by atoms with E-state index in [0.29, 0.717) is 37.8 Å². The number of fused-ring (bicyclic) bond motifs is 1. The van der Waals surface area contributed by atoms with Gasteiger partial charge in [0.2, 0.25) is 10.0 Å². The van der Waals surface area contributed by atoms with Crippen LogP contribution in [-0.4, -0.2) is 67.3 Å². The molecule has 0 atom stereocenters. The number of hydrogen-bond acceptors (Lipinski definition) is 7. The van der Waals surface area contributed by atoms with Gasteiger partial charge in [-0.15, -0.1) is 0 Å². The summed E-state index contributed by atoms with van der Waals surface area (Å²) in [6, 6.07) is 18.5. The van der Waals surface area contributed by atoms with Crippen molar-refractivity contribution in [3.8, 4) is 11.3 Å². The van der Waals surface area contributed by atoms with Crippen molar-refractivity contribution in [2.75, 3.05) is 44.7 Å². The van der Waals surface area contributed by atoms with Gasteiger partial charge in [-0.05, 0) is 40.2 Å². The predicted molar refractivity (Wildman–Crippen MR) is 138 cm³/mol. The fraction of sp³-hybridized carbons (Fsp3) is 0.250. The van der Waals surface area contributed by atoms with Crippen LogP contribution >= 0.6 is 15.9 Å². The van der Waals surface area contributed by atoms with Gasteiger partial charge in [-0.25, -0.2) is 18.1 Å². The molecule has 1 aliphatic heterocycles. The van der Waals surface area contributed by atoms with E-state index in [4.69, 9.17) is 9.72 Å². The van der Waals surface area contributed by atoms with E-state index in [1.165, 1.54) is 0 Å². The van der Waals surface area contributed by atoms with Gasteiger partial charge in [0.05, 0.1) is 34.5 Å². The summed E-state index contributed by atoms with van der Waals surface area (Å²) in [5.74, 6) is 0.707. The van der Waals surface area contributed by atoms with Crippen LogP contribution in [0.2, 0.25) is 0 Å². The van der Waals surface area contributed by atoms with Gasteiger partial charge >= 0.3 is 0 Å². The molecular weight excluding hydrogens is 532 g/mol. The van der Waals surface area contributed by atoms with Gasteiger partial charge in [0, 0.05) is 43.5 Å². The van der Waals surface area contributed by atoms with Crippen LogP contribution in [-0.2, 0) is 14.8 Å². The first kappa shape index (κ1) is 23.9. The summed E-state index contributed by atoms with van der Waals surface area (Å²) in [4.78, 5) is 7.14. The zero-order valence-corrected chi connectivity index (χ0v) is 21.3. The molecule has 11 heteroatoms. The third-order valence-electron chi connectivity index (χ3n) is 5.76. The van der Waals surface area contributed by atoms with E-state index < -0.39 is 10.0 Å². The van der Waals surface area contributed by atoms with E-state index in [-0.39, 0.29) is 4.90 Å². The average molecular weight is 557 g/mol. The Morgan fingerprint density at radius 3 is 2.51 bits per heavy atom. The molecule has 5 rings (SSSR count). The Bertz CT molecular complexity index is 1400. The molecule has 0 amide bonds. The van der Waals surface area contributed by atoms with Crippen molar-refractivity contribution in [1.29, 1.82) is 0 Å². The average Bonchev–Trinajstić information content (AvgIpc) is 3.26. The number of nitrogens with one attached hydrogen (secondary N) is 2. The first-order valence-electron chi connectivity index (χ1n) is 11.3. The molecule has 2 N–H and O–H groups in total. The number of ether oxygens (including phenoxy) is 1. The van der Waals surface area contributed by atoms with E-state index >= 15 is 0 Å². The number of anilines is 2. The normalized spacial score (nSPS) is 14.9. The topological polar surface area (TPSA) is 101 Å². The van der Waals surface area contributed by atoms with Crippen LogP contribution in [0.3, 0.4) is 0 Å². The minimum absolute atomic E-state index is 0.219. The van der Waals surface area contributed by atoms with Crippen LogP contribution in [0.4, 0.5) is 11.5 Å². The lowest BCUT2D eigenvalue weighted by molar-refractivity contribution is 0.0390. The molecule has 0 bridgehead atoms. The second kappa shape index (κ2) is 10.4. The molecule has 2 aromatic carbocycles. The quantitative estimate of drug-likeness (QED) is 0.342. The fourth-order valence-electron chi connectivity index (χ4n) is 3.89. The maximum atomic E-state index is 12.7. The van der Waals surface area contributed by atoms with E-state index in [0.717, 1.165) is 34.5 Å². The smallest absolute Gasteiger partial charge is 0.240 e. The molecule has 1 fully saturated rings. The van der Waals surface area contributed by atoms with Crippen molar-refractivity contribution in [3.63, 3.8) is 0 Å². The number of hydrogen-bond donors (Lipinski definition) is 2. The van der Waals surface area contributed by atoms with Crippen molar-refractivity contribution in [1.82, 2.24) is 24.2 Å². The minimum Gasteiger partial charge on any atom is -0.379 e. The van der Waals surface area contributed by atoms with Crippen LogP contribution in [0.1, 0.15) is 0 Å². The molecule has 3 heterocycles. The Morgan fingerprint density at radius 1 is 1.03 bits per heavy atom. The summed E-state index contributed by atoms with van der Waals surface area (Å²) in [5, 5.41) is 7.75. The lowest BCUT2D eigenvalue weighted by Crippen LogP contribution is -2.41. The first-order valence-corrected chi connectivity index (χ1v) is 13.5. The van der Waals surface area contributed by atoms with Crippen LogP contribution < -0.4 is 10.0 Å². The second-order valence-electron chi connectivity index (χ2n) is 8.12. The molecule has 0 radical (unpaired) electrons. The molecule has 0 spiro atoms. The van der Waals surface area contributed by atoms with Crippen LogP contribution in [0.15, 0.2) is 76.2 Å². The van der Waals surface area contributed by atoms with Crippen molar-refractivity contribution in [3.05, 3.63) is 71.3 Å². The molecule has 1 aliphatic rings. The molecule has 35 heavy (non-hydrogen) atoms. The zero-order valence-electron chi connectivity index (χ0n) is 18.9. The summed E-state index contributed by atoms with van der Waals surface area (Å²) >= 11 is 3.51. The number of morpholine rings is 1. The number of aromatic nitrogens is 3. The van der Waals surface area contributed by atoms with Crippen molar-refractivity contribution >= 4 is 43.1 Å². The van der Waals surface area contributed by atoms with E-state index in [1.807, 2.05) is 36.4 Å². The molecule has 2 aromatic heterocycles. The van der Waals surface area contributed by atoms with E-state index in [9.17, 15) is 8.42 Å². The number of sulfonamides is 1. The minimum atomic E-state index is -3.59. The maximum Gasteiger partial charge on any atom is 0.240 e. The van der Waals surface area contributed by atoms with Crippen molar-refractivity contribution in [2.24, 2.45) is 0 Å². The van der Waals surface area contributed by atoms with Crippen LogP contribution in [0, 0.1) is 0 Å². The van der Waals surface area contributed by atoms with Crippen LogP contribution in [0.25, 0.3) is 16.9 Å². The Kier molecular flexibility index (Phi) is 7.12. The molecule has 4 aromatic rings. The highest BCUT2D eigenvalue weighted by molar-refractivity contribution is 9.10. The number of benzene rings is 2. The highest BCUT2D eigenvalue weighted by Gasteiger charge is 2.16. The first-order chi connectivity index (χ1) is 17.0. The summed E-state index contributed by atoms with van der Waals surface area (Å²) in [7, 11) is -3.59. The molecule has 182 valence electrons. The lowest BCUT2D eigenvalue weighted by atomic mass is 10.1. The molecular formula is C24H25BrN6O3S. The molecule has 1 saturated heterocycles. The summed E-state index contributed by atoms with van der Waals surface area (Å²) in [6.45, 7) is 4.03. The third kappa shape index (κ3) is 5.54. The largest absolute Gasteiger partial charge is 0.379 e. The second-order valence-corrected chi connectivity index (χ2v) is 10.7. The standard InChI is InChI=1S/C24H25BrN6O3S/c25-21-17-26-31-23(16-22(29-24(21)31)18-4-2-1-3-5-18)28-19-6-8-20(9-7-19)35(32,33)27-10-11-30-12-14-34-15-13-30/h1-9,16-17,27-28H,10-15H2. The third-order valence-corrected chi connectivity index (χ3v) is 7.80. The summed E-state index contributed by atoms with van der Waals surface area (Å²) in [5.41, 5.74) is 3.19. The Hall–Kier alpha value is -2.83. The van der Waals surface area contributed by atoms with Gasteiger partial charge in [0.1, 0.15) is 5.82 Å². The maximum absolute atomic E-state index is 12.7. The van der Waals surface area contributed by atoms with Crippen molar-refractivity contribution < 1.29 is 13.2 Å². The fourth-order valence-corrected chi connectivity index (χ4v) is 5.26. The predicted octanol–water partition coefficient (Wildman–Crippen LogP) is 3.51. The zero-order chi connectivity index (χ0) is 24.3. The van der Waals surface area contributed by atoms with Gasteiger partial charge in [-0.3, -0.25) is 4.90 Å². The number of rotatable bonds is 8. The highest BCUT2D eigenvalue weighted by Crippen LogP contribution is 2.28. The van der Waals surface area contributed by atoms with Gasteiger partial charge in [-0.1, -0.05) is 30.3 Å². The summed E-state index contributed by atoms with van der Waals surface area (Å²) < 4.78 is 35.9. The molecule has 0 saturated carbocycles. The van der Waals surface area contributed by atoms with Gasteiger partial charge < -0.3 is 10.1 Å². The summed E-state index contributed by atoms with van der Waals surface area (Å²) in [6.07, 6.45) is 1.69. The number of nitrogens with zero attached hydrogens (tertiary/aromatic N) is 4. The lowest BCUT2D eigenvalue weighted by Gasteiger charge is -2.26. The molecule has 9 nitrogen and oxygen atoms in total. The van der Waals surface area contributed by atoms with Gasteiger partial charge in [0.25, 0.3) is 0 Å². The van der Waals surface area contributed by atoms with Crippen molar-refractivity contribution in [2.45, 2.75) is 4.90 Å². The van der Waals surface area contributed by atoms with E-state index in [2.05, 4.69) is 36.0 Å². The molecule has 0 unspecified atom stereocenters. The van der Waals surface area contributed by atoms with Crippen LogP contribution in [0.5, 0.6) is 0 Å². The number of halogens is 1. The highest BCUT2D eigenvalue weighted by atomic mass is 79.9. The Morgan fingerprint density at radius 2 is 1.77 bits per heavy atom.